The zero-order chi connectivity index (χ0) is 14.7. The van der Waals surface area contributed by atoms with Crippen molar-refractivity contribution in [2.45, 2.75) is 20.0 Å². The summed E-state index contributed by atoms with van der Waals surface area (Å²) in [6, 6.07) is 11.2. The Morgan fingerprint density at radius 3 is 2.65 bits per heavy atom. The molecule has 3 nitrogen and oxygen atoms in total. The molecule has 3 N–H and O–H groups in total. The summed E-state index contributed by atoms with van der Waals surface area (Å²) in [5.41, 5.74) is 8.25. The molecule has 0 aliphatic heterocycles. The van der Waals surface area contributed by atoms with Gasteiger partial charge in [-0.05, 0) is 44.2 Å². The largest absolute Gasteiger partial charge is 0.489 e. The summed E-state index contributed by atoms with van der Waals surface area (Å²) < 4.78 is 6.61. The van der Waals surface area contributed by atoms with Gasteiger partial charge in [0.2, 0.25) is 0 Å². The van der Waals surface area contributed by atoms with Crippen LogP contribution in [0.5, 0.6) is 5.75 Å². The monoisotopic (exact) mass is 354 g/mol. The smallest absolute Gasteiger partial charge is 0.144 e. The normalized spacial score (nSPS) is 10.7. The van der Waals surface area contributed by atoms with Gasteiger partial charge in [0.25, 0.3) is 0 Å². The Hall–Kier alpha value is -1.39. The van der Waals surface area contributed by atoms with Crippen LogP contribution < -0.4 is 15.8 Å². The SMILES string of the molecule is CC(C)Oc1cccc(Nc2cc(Br)ccc2Cl)c1N. The number of nitrogen functional groups attached to an aromatic ring is 1. The third-order valence-corrected chi connectivity index (χ3v) is 3.45. The molecule has 0 spiro atoms. The van der Waals surface area contributed by atoms with Gasteiger partial charge in [-0.1, -0.05) is 33.6 Å². The minimum atomic E-state index is 0.0713. The fourth-order valence-corrected chi connectivity index (χ4v) is 2.27. The number of benzene rings is 2. The lowest BCUT2D eigenvalue weighted by molar-refractivity contribution is 0.244. The predicted octanol–water partition coefficient (Wildman–Crippen LogP) is 5.22. The molecule has 20 heavy (non-hydrogen) atoms. The van der Waals surface area contributed by atoms with Crippen molar-refractivity contribution in [2.75, 3.05) is 11.1 Å². The van der Waals surface area contributed by atoms with Crippen molar-refractivity contribution in [1.82, 2.24) is 0 Å². The fourth-order valence-electron chi connectivity index (χ4n) is 1.75. The van der Waals surface area contributed by atoms with E-state index >= 15 is 0 Å². The van der Waals surface area contributed by atoms with E-state index in [-0.39, 0.29) is 6.10 Å². The van der Waals surface area contributed by atoms with E-state index < -0.39 is 0 Å². The Labute approximate surface area is 132 Å². The van der Waals surface area contributed by atoms with Crippen molar-refractivity contribution in [3.8, 4) is 5.75 Å². The summed E-state index contributed by atoms with van der Waals surface area (Å²) in [5, 5.41) is 3.86. The van der Waals surface area contributed by atoms with E-state index in [1.165, 1.54) is 0 Å². The van der Waals surface area contributed by atoms with Crippen molar-refractivity contribution in [1.29, 1.82) is 0 Å². The third kappa shape index (κ3) is 3.58. The number of rotatable bonds is 4. The van der Waals surface area contributed by atoms with E-state index in [9.17, 15) is 0 Å². The molecule has 0 aliphatic rings. The average Bonchev–Trinajstić information content (AvgIpc) is 2.38. The minimum absolute atomic E-state index is 0.0713. The van der Waals surface area contributed by atoms with Gasteiger partial charge in [0.15, 0.2) is 0 Å². The number of para-hydroxylation sites is 1. The molecule has 0 radical (unpaired) electrons. The fraction of sp³-hybridized carbons (Fsp3) is 0.200. The molecule has 0 heterocycles. The van der Waals surface area contributed by atoms with Crippen LogP contribution in [0.25, 0.3) is 0 Å². The molecule has 0 unspecified atom stereocenters. The molecule has 0 bridgehead atoms. The summed E-state index contributed by atoms with van der Waals surface area (Å²) in [5.74, 6) is 0.663. The van der Waals surface area contributed by atoms with E-state index in [4.69, 9.17) is 22.1 Å². The van der Waals surface area contributed by atoms with Crippen LogP contribution in [0.1, 0.15) is 13.8 Å². The number of nitrogens with two attached hydrogens (primary N) is 1. The summed E-state index contributed by atoms with van der Waals surface area (Å²) in [6.07, 6.45) is 0.0713. The van der Waals surface area contributed by atoms with E-state index in [1.807, 2.05) is 50.2 Å². The van der Waals surface area contributed by atoms with Gasteiger partial charge in [0.1, 0.15) is 5.75 Å². The second-order valence-electron chi connectivity index (χ2n) is 4.63. The van der Waals surface area contributed by atoms with E-state index in [0.717, 1.165) is 15.8 Å². The summed E-state index contributed by atoms with van der Waals surface area (Å²) in [4.78, 5) is 0. The van der Waals surface area contributed by atoms with Crippen LogP contribution in [-0.4, -0.2) is 6.10 Å². The van der Waals surface area contributed by atoms with Crippen molar-refractivity contribution in [3.05, 3.63) is 45.9 Å². The summed E-state index contributed by atoms with van der Waals surface area (Å²) >= 11 is 9.59. The number of hydrogen-bond donors (Lipinski definition) is 2. The van der Waals surface area contributed by atoms with Crippen LogP contribution in [-0.2, 0) is 0 Å². The molecule has 0 saturated carbocycles. The molecule has 0 fully saturated rings. The third-order valence-electron chi connectivity index (χ3n) is 2.63. The maximum atomic E-state index is 6.17. The van der Waals surface area contributed by atoms with Gasteiger partial charge < -0.3 is 15.8 Å². The van der Waals surface area contributed by atoms with Gasteiger partial charge in [-0.25, -0.2) is 0 Å². The maximum absolute atomic E-state index is 6.17. The number of nitrogens with one attached hydrogen (secondary N) is 1. The number of halogens is 2. The highest BCUT2D eigenvalue weighted by Gasteiger charge is 2.09. The molecular weight excluding hydrogens is 340 g/mol. The second-order valence-corrected chi connectivity index (χ2v) is 5.96. The van der Waals surface area contributed by atoms with Crippen LogP contribution in [0.15, 0.2) is 40.9 Å². The van der Waals surface area contributed by atoms with Gasteiger partial charge in [-0.2, -0.15) is 0 Å². The Balaban J connectivity index is 2.32. The first-order valence-electron chi connectivity index (χ1n) is 6.24. The number of anilines is 3. The first-order valence-corrected chi connectivity index (χ1v) is 7.41. The number of hydrogen-bond acceptors (Lipinski definition) is 3. The topological polar surface area (TPSA) is 47.3 Å². The van der Waals surface area contributed by atoms with E-state index in [1.54, 1.807) is 0 Å². The molecule has 0 aromatic heterocycles. The van der Waals surface area contributed by atoms with E-state index in [0.29, 0.717) is 16.5 Å². The molecule has 5 heteroatoms. The highest BCUT2D eigenvalue weighted by Crippen LogP contribution is 2.35. The van der Waals surface area contributed by atoms with Crippen LogP contribution in [0.2, 0.25) is 5.02 Å². The van der Waals surface area contributed by atoms with Crippen molar-refractivity contribution < 1.29 is 4.74 Å². The zero-order valence-electron chi connectivity index (χ0n) is 11.3. The van der Waals surface area contributed by atoms with Gasteiger partial charge in [0.05, 0.1) is 28.2 Å². The van der Waals surface area contributed by atoms with Gasteiger partial charge in [-0.15, -0.1) is 0 Å². The van der Waals surface area contributed by atoms with Crippen molar-refractivity contribution in [3.63, 3.8) is 0 Å². The first kappa shape index (κ1) is 15.0. The quantitative estimate of drug-likeness (QED) is 0.740. The molecule has 2 aromatic carbocycles. The molecule has 0 atom stereocenters. The zero-order valence-corrected chi connectivity index (χ0v) is 13.6. The Kier molecular flexibility index (Phi) is 4.78. The Morgan fingerprint density at radius 2 is 1.95 bits per heavy atom. The second kappa shape index (κ2) is 6.37. The highest BCUT2D eigenvalue weighted by atomic mass is 79.9. The maximum Gasteiger partial charge on any atom is 0.144 e. The van der Waals surface area contributed by atoms with Gasteiger partial charge in [-0.3, -0.25) is 0 Å². The van der Waals surface area contributed by atoms with Crippen LogP contribution in [0.3, 0.4) is 0 Å². The molecule has 2 aromatic rings. The minimum Gasteiger partial charge on any atom is -0.489 e. The lowest BCUT2D eigenvalue weighted by Gasteiger charge is -2.16. The average molecular weight is 356 g/mol. The molecule has 0 aliphatic carbocycles. The molecular formula is C15H16BrClN2O. The standard InChI is InChI=1S/C15H16BrClN2O/c1-9(2)20-14-5-3-4-12(15(14)18)19-13-8-10(16)6-7-11(13)17/h3-9,19H,18H2,1-2H3. The van der Waals surface area contributed by atoms with Crippen LogP contribution in [0.4, 0.5) is 17.1 Å². The Bertz CT molecular complexity index is 617. The summed E-state index contributed by atoms with van der Waals surface area (Å²) in [7, 11) is 0. The Morgan fingerprint density at radius 1 is 1.20 bits per heavy atom. The molecule has 0 amide bonds. The molecule has 106 valence electrons. The van der Waals surface area contributed by atoms with E-state index in [2.05, 4.69) is 21.2 Å². The molecule has 2 rings (SSSR count). The van der Waals surface area contributed by atoms with Gasteiger partial charge >= 0.3 is 0 Å². The summed E-state index contributed by atoms with van der Waals surface area (Å²) in [6.45, 7) is 3.93. The van der Waals surface area contributed by atoms with Crippen LogP contribution in [0, 0.1) is 0 Å². The highest BCUT2D eigenvalue weighted by molar-refractivity contribution is 9.10. The van der Waals surface area contributed by atoms with Crippen LogP contribution >= 0.6 is 27.5 Å². The van der Waals surface area contributed by atoms with Crippen molar-refractivity contribution in [2.24, 2.45) is 0 Å². The lowest BCUT2D eigenvalue weighted by Crippen LogP contribution is -2.08. The predicted molar refractivity (Wildman–Crippen MR) is 89.1 cm³/mol. The number of ether oxygens (including phenoxy) is 1. The van der Waals surface area contributed by atoms with Crippen molar-refractivity contribution >= 4 is 44.6 Å². The first-order chi connectivity index (χ1) is 9.47. The lowest BCUT2D eigenvalue weighted by atomic mass is 10.2. The van der Waals surface area contributed by atoms with Gasteiger partial charge in [0, 0.05) is 4.47 Å². The molecule has 0 saturated heterocycles.